The summed E-state index contributed by atoms with van der Waals surface area (Å²) >= 11 is 5.13. The molecular formula is C15H18BrNO2S. The first-order valence-corrected chi connectivity index (χ1v) is 8.08. The van der Waals surface area contributed by atoms with Crippen molar-refractivity contribution in [2.45, 2.75) is 20.1 Å². The minimum Gasteiger partial charge on any atom is -0.493 e. The predicted molar refractivity (Wildman–Crippen MR) is 86.7 cm³/mol. The van der Waals surface area contributed by atoms with Crippen molar-refractivity contribution in [1.82, 2.24) is 5.32 Å². The van der Waals surface area contributed by atoms with Crippen molar-refractivity contribution in [1.29, 1.82) is 0 Å². The van der Waals surface area contributed by atoms with Crippen molar-refractivity contribution in [3.8, 4) is 11.5 Å². The first-order chi connectivity index (χ1) is 9.72. The smallest absolute Gasteiger partial charge is 0.161 e. The van der Waals surface area contributed by atoms with Crippen molar-refractivity contribution in [2.75, 3.05) is 13.7 Å². The minimum atomic E-state index is 0.555. The maximum absolute atomic E-state index is 5.83. The number of rotatable bonds is 7. The molecule has 20 heavy (non-hydrogen) atoms. The number of benzene rings is 1. The zero-order chi connectivity index (χ0) is 14.4. The largest absolute Gasteiger partial charge is 0.493 e. The van der Waals surface area contributed by atoms with E-state index in [1.807, 2.05) is 18.2 Å². The molecule has 5 heteroatoms. The molecule has 2 aromatic rings. The highest BCUT2D eigenvalue weighted by molar-refractivity contribution is 9.11. The highest BCUT2D eigenvalue weighted by Crippen LogP contribution is 2.30. The van der Waals surface area contributed by atoms with E-state index < -0.39 is 0 Å². The molecule has 108 valence electrons. The average molecular weight is 356 g/mol. The SMILES string of the molecule is CCNCc1ccc(OCc2ccc(Br)s2)c(OC)c1. The van der Waals surface area contributed by atoms with Gasteiger partial charge >= 0.3 is 0 Å². The van der Waals surface area contributed by atoms with Gasteiger partial charge in [0.15, 0.2) is 11.5 Å². The van der Waals surface area contributed by atoms with E-state index in [2.05, 4.69) is 40.3 Å². The highest BCUT2D eigenvalue weighted by Gasteiger charge is 2.07. The Morgan fingerprint density at radius 1 is 1.20 bits per heavy atom. The summed E-state index contributed by atoms with van der Waals surface area (Å²) in [6.45, 7) is 4.44. The van der Waals surface area contributed by atoms with Gasteiger partial charge in [0, 0.05) is 11.4 Å². The predicted octanol–water partition coefficient (Wildman–Crippen LogP) is 4.21. The van der Waals surface area contributed by atoms with Crippen LogP contribution in [0.2, 0.25) is 0 Å². The van der Waals surface area contributed by atoms with Crippen LogP contribution in [0, 0.1) is 0 Å². The van der Waals surface area contributed by atoms with Gasteiger partial charge in [-0.05, 0) is 52.3 Å². The third-order valence-electron chi connectivity index (χ3n) is 2.81. The molecular weight excluding hydrogens is 338 g/mol. The Morgan fingerprint density at radius 2 is 2.05 bits per heavy atom. The van der Waals surface area contributed by atoms with E-state index in [9.17, 15) is 0 Å². The second kappa shape index (κ2) is 7.67. The Labute approximate surface area is 132 Å². The molecule has 1 N–H and O–H groups in total. The number of ether oxygens (including phenoxy) is 2. The Balaban J connectivity index is 2.03. The molecule has 0 saturated carbocycles. The monoisotopic (exact) mass is 355 g/mol. The first-order valence-electron chi connectivity index (χ1n) is 6.47. The topological polar surface area (TPSA) is 30.5 Å². The Bertz CT molecular complexity index is 557. The fourth-order valence-electron chi connectivity index (χ4n) is 1.79. The second-order valence-corrected chi connectivity index (χ2v) is 6.81. The number of hydrogen-bond acceptors (Lipinski definition) is 4. The van der Waals surface area contributed by atoms with E-state index in [4.69, 9.17) is 9.47 Å². The molecule has 0 fully saturated rings. The van der Waals surface area contributed by atoms with Gasteiger partial charge in [-0.3, -0.25) is 0 Å². The van der Waals surface area contributed by atoms with Gasteiger partial charge in [0.1, 0.15) is 6.61 Å². The van der Waals surface area contributed by atoms with Crippen LogP contribution in [0.25, 0.3) is 0 Å². The summed E-state index contributed by atoms with van der Waals surface area (Å²) in [7, 11) is 1.67. The molecule has 3 nitrogen and oxygen atoms in total. The van der Waals surface area contributed by atoms with E-state index >= 15 is 0 Å². The Morgan fingerprint density at radius 3 is 2.70 bits per heavy atom. The maximum atomic E-state index is 5.83. The molecule has 0 aliphatic rings. The normalized spacial score (nSPS) is 10.6. The van der Waals surface area contributed by atoms with Crippen LogP contribution in [0.15, 0.2) is 34.1 Å². The average Bonchev–Trinajstić information content (AvgIpc) is 2.88. The lowest BCUT2D eigenvalue weighted by molar-refractivity contribution is 0.287. The van der Waals surface area contributed by atoms with Gasteiger partial charge in [-0.25, -0.2) is 0 Å². The van der Waals surface area contributed by atoms with Gasteiger partial charge < -0.3 is 14.8 Å². The van der Waals surface area contributed by atoms with E-state index in [-0.39, 0.29) is 0 Å². The van der Waals surface area contributed by atoms with Gasteiger partial charge in [-0.1, -0.05) is 13.0 Å². The van der Waals surface area contributed by atoms with Crippen LogP contribution in [-0.4, -0.2) is 13.7 Å². The number of thiophene rings is 1. The van der Waals surface area contributed by atoms with Crippen LogP contribution in [-0.2, 0) is 13.2 Å². The summed E-state index contributed by atoms with van der Waals surface area (Å²) in [6.07, 6.45) is 0. The van der Waals surface area contributed by atoms with E-state index in [1.54, 1.807) is 18.4 Å². The number of methoxy groups -OCH3 is 1. The van der Waals surface area contributed by atoms with Gasteiger partial charge in [0.25, 0.3) is 0 Å². The summed E-state index contributed by atoms with van der Waals surface area (Å²) < 4.78 is 12.3. The van der Waals surface area contributed by atoms with Crippen LogP contribution >= 0.6 is 27.3 Å². The number of nitrogens with one attached hydrogen (secondary N) is 1. The second-order valence-electron chi connectivity index (χ2n) is 4.26. The first kappa shape index (κ1) is 15.4. The molecule has 0 unspecified atom stereocenters. The van der Waals surface area contributed by atoms with Crippen molar-refractivity contribution < 1.29 is 9.47 Å². The molecule has 0 saturated heterocycles. The Hall–Kier alpha value is -1.04. The van der Waals surface area contributed by atoms with Gasteiger partial charge in [-0.2, -0.15) is 0 Å². The fraction of sp³-hybridized carbons (Fsp3) is 0.333. The van der Waals surface area contributed by atoms with Crippen molar-refractivity contribution in [2.24, 2.45) is 0 Å². The van der Waals surface area contributed by atoms with Crippen LogP contribution in [0.5, 0.6) is 11.5 Å². The molecule has 0 spiro atoms. The van der Waals surface area contributed by atoms with Crippen molar-refractivity contribution >= 4 is 27.3 Å². The van der Waals surface area contributed by atoms with E-state index in [1.165, 1.54) is 10.4 Å². The highest BCUT2D eigenvalue weighted by atomic mass is 79.9. The zero-order valence-corrected chi connectivity index (χ0v) is 14.0. The lowest BCUT2D eigenvalue weighted by Gasteiger charge is -2.12. The number of hydrogen-bond donors (Lipinski definition) is 1. The molecule has 1 aromatic heterocycles. The van der Waals surface area contributed by atoms with Gasteiger partial charge in [-0.15, -0.1) is 11.3 Å². The third kappa shape index (κ3) is 4.23. The zero-order valence-electron chi connectivity index (χ0n) is 11.6. The molecule has 0 atom stereocenters. The molecule has 2 rings (SSSR count). The molecule has 0 amide bonds. The molecule has 0 aliphatic heterocycles. The standard InChI is InChI=1S/C15H18BrNO2S/c1-3-17-9-11-4-6-13(14(8-11)18-2)19-10-12-5-7-15(16)20-12/h4-8,17H,3,9-10H2,1-2H3. The summed E-state index contributed by atoms with van der Waals surface area (Å²) in [6, 6.07) is 10.1. The van der Waals surface area contributed by atoms with Gasteiger partial charge in [0.05, 0.1) is 10.9 Å². The lowest BCUT2D eigenvalue weighted by Crippen LogP contribution is -2.11. The van der Waals surface area contributed by atoms with Gasteiger partial charge in [0.2, 0.25) is 0 Å². The molecule has 0 aliphatic carbocycles. The van der Waals surface area contributed by atoms with Crippen molar-refractivity contribution in [3.05, 3.63) is 44.6 Å². The van der Waals surface area contributed by atoms with Crippen LogP contribution in [0.1, 0.15) is 17.4 Å². The van der Waals surface area contributed by atoms with Crippen LogP contribution < -0.4 is 14.8 Å². The maximum Gasteiger partial charge on any atom is 0.161 e. The van der Waals surface area contributed by atoms with Crippen molar-refractivity contribution in [3.63, 3.8) is 0 Å². The summed E-state index contributed by atoms with van der Waals surface area (Å²) in [5.74, 6) is 1.55. The molecule has 1 heterocycles. The summed E-state index contributed by atoms with van der Waals surface area (Å²) in [5, 5.41) is 3.30. The minimum absolute atomic E-state index is 0.555. The van der Waals surface area contributed by atoms with E-state index in [0.717, 1.165) is 28.4 Å². The summed E-state index contributed by atoms with van der Waals surface area (Å²) in [4.78, 5) is 1.18. The lowest BCUT2D eigenvalue weighted by atomic mass is 10.2. The number of halogens is 1. The molecule has 0 bridgehead atoms. The van der Waals surface area contributed by atoms with Crippen LogP contribution in [0.3, 0.4) is 0 Å². The van der Waals surface area contributed by atoms with Crippen LogP contribution in [0.4, 0.5) is 0 Å². The fourth-order valence-corrected chi connectivity index (χ4v) is 3.19. The Kier molecular flexibility index (Phi) is 5.88. The third-order valence-corrected chi connectivity index (χ3v) is 4.40. The van der Waals surface area contributed by atoms with E-state index in [0.29, 0.717) is 6.61 Å². The quantitative estimate of drug-likeness (QED) is 0.806. The molecule has 0 radical (unpaired) electrons. The summed E-state index contributed by atoms with van der Waals surface area (Å²) in [5.41, 5.74) is 1.19. The molecule has 1 aromatic carbocycles.